The number of hydrogen-bond donors (Lipinski definition) is 1. The molecule has 0 spiro atoms. The zero-order chi connectivity index (χ0) is 14.9. The molecule has 1 saturated carbocycles. The number of para-hydroxylation sites is 1. The van der Waals surface area contributed by atoms with E-state index in [0.717, 1.165) is 12.8 Å². The molecule has 1 fully saturated rings. The monoisotopic (exact) mass is 299 g/mol. The third kappa shape index (κ3) is 2.75. The van der Waals surface area contributed by atoms with Crippen molar-refractivity contribution in [2.24, 2.45) is 5.92 Å². The molecular weight excluding hydrogens is 282 g/mol. The van der Waals surface area contributed by atoms with Gasteiger partial charge in [-0.25, -0.2) is 8.42 Å². The highest BCUT2D eigenvalue weighted by Gasteiger charge is 2.35. The molecule has 8 heteroatoms. The standard InChI is InChI=1S/C12H17N3O4S/c1-2-14(8-9-6-7-9)20(18,19)11-5-3-4-10(13)12(11)15(16)17/h3-5,9H,2,6-8,13H2,1H3. The van der Waals surface area contributed by atoms with E-state index in [2.05, 4.69) is 0 Å². The van der Waals surface area contributed by atoms with Crippen LogP contribution >= 0.6 is 0 Å². The van der Waals surface area contributed by atoms with Gasteiger partial charge in [-0.15, -0.1) is 0 Å². The first-order valence-electron chi connectivity index (χ1n) is 6.41. The summed E-state index contributed by atoms with van der Waals surface area (Å²) in [7, 11) is -3.89. The molecule has 0 heterocycles. The van der Waals surface area contributed by atoms with Gasteiger partial charge in [-0.05, 0) is 30.9 Å². The highest BCUT2D eigenvalue weighted by Crippen LogP contribution is 2.35. The van der Waals surface area contributed by atoms with E-state index in [9.17, 15) is 18.5 Å². The first-order chi connectivity index (χ1) is 9.37. The van der Waals surface area contributed by atoms with Gasteiger partial charge in [-0.1, -0.05) is 13.0 Å². The maximum atomic E-state index is 12.6. The van der Waals surface area contributed by atoms with Crippen LogP contribution in [0.4, 0.5) is 11.4 Å². The van der Waals surface area contributed by atoms with Gasteiger partial charge in [0.25, 0.3) is 0 Å². The summed E-state index contributed by atoms with van der Waals surface area (Å²) in [6, 6.07) is 3.98. The number of anilines is 1. The minimum Gasteiger partial charge on any atom is -0.393 e. The maximum Gasteiger partial charge on any atom is 0.312 e. The number of nitrogens with zero attached hydrogens (tertiary/aromatic N) is 2. The fourth-order valence-electron chi connectivity index (χ4n) is 2.07. The Bertz CT molecular complexity index is 626. The zero-order valence-corrected chi connectivity index (χ0v) is 12.0. The highest BCUT2D eigenvalue weighted by atomic mass is 32.2. The van der Waals surface area contributed by atoms with Crippen molar-refractivity contribution in [1.82, 2.24) is 4.31 Å². The number of hydrogen-bond acceptors (Lipinski definition) is 5. The molecule has 0 unspecified atom stereocenters. The summed E-state index contributed by atoms with van der Waals surface area (Å²) in [6.07, 6.45) is 2.01. The normalized spacial score (nSPS) is 15.5. The number of benzene rings is 1. The van der Waals surface area contributed by atoms with Crippen LogP contribution in [-0.2, 0) is 10.0 Å². The van der Waals surface area contributed by atoms with E-state index < -0.39 is 20.6 Å². The SMILES string of the molecule is CCN(CC1CC1)S(=O)(=O)c1cccc(N)c1[N+](=O)[O-]. The maximum absolute atomic E-state index is 12.6. The van der Waals surface area contributed by atoms with Crippen molar-refractivity contribution in [1.29, 1.82) is 0 Å². The zero-order valence-electron chi connectivity index (χ0n) is 11.2. The van der Waals surface area contributed by atoms with Crippen LogP contribution < -0.4 is 5.73 Å². The first-order valence-corrected chi connectivity index (χ1v) is 7.85. The second-order valence-electron chi connectivity index (χ2n) is 4.85. The molecule has 0 radical (unpaired) electrons. The molecule has 2 N–H and O–H groups in total. The number of nitrogens with two attached hydrogens (primary N) is 1. The average Bonchev–Trinajstić information content (AvgIpc) is 3.18. The lowest BCUT2D eigenvalue weighted by atomic mass is 10.3. The molecule has 2 rings (SSSR count). The number of rotatable bonds is 6. The second kappa shape index (κ2) is 5.37. The van der Waals surface area contributed by atoms with Crippen molar-refractivity contribution < 1.29 is 13.3 Å². The second-order valence-corrected chi connectivity index (χ2v) is 6.76. The van der Waals surface area contributed by atoms with Crippen LogP contribution in [0.1, 0.15) is 19.8 Å². The summed E-state index contributed by atoms with van der Waals surface area (Å²) in [6.45, 7) is 2.41. The van der Waals surface area contributed by atoms with Crippen molar-refractivity contribution in [2.75, 3.05) is 18.8 Å². The largest absolute Gasteiger partial charge is 0.393 e. The fraction of sp³-hybridized carbons (Fsp3) is 0.500. The topological polar surface area (TPSA) is 107 Å². The summed E-state index contributed by atoms with van der Waals surface area (Å²) in [5, 5.41) is 11.1. The molecule has 110 valence electrons. The highest BCUT2D eigenvalue weighted by molar-refractivity contribution is 7.89. The van der Waals surface area contributed by atoms with Crippen LogP contribution in [0.15, 0.2) is 23.1 Å². The van der Waals surface area contributed by atoms with Crippen molar-refractivity contribution in [2.45, 2.75) is 24.7 Å². The molecule has 0 bridgehead atoms. The van der Waals surface area contributed by atoms with Gasteiger partial charge in [0, 0.05) is 13.1 Å². The minimum absolute atomic E-state index is 0.140. The summed E-state index contributed by atoms with van der Waals surface area (Å²) in [5.74, 6) is 0.366. The van der Waals surface area contributed by atoms with Crippen molar-refractivity contribution in [3.8, 4) is 0 Å². The Morgan fingerprint density at radius 2 is 2.10 bits per heavy atom. The molecular formula is C12H17N3O4S. The van der Waals surface area contributed by atoms with Crippen molar-refractivity contribution in [3.05, 3.63) is 28.3 Å². The van der Waals surface area contributed by atoms with E-state index in [1.807, 2.05) is 0 Å². The van der Waals surface area contributed by atoms with Gasteiger partial charge < -0.3 is 5.73 Å². The van der Waals surface area contributed by atoms with Crippen LogP contribution in [0.2, 0.25) is 0 Å². The van der Waals surface area contributed by atoms with Gasteiger partial charge in [0.05, 0.1) is 4.92 Å². The third-order valence-corrected chi connectivity index (χ3v) is 5.31. The number of sulfonamides is 1. The number of nitrogen functional groups attached to an aromatic ring is 1. The molecule has 20 heavy (non-hydrogen) atoms. The molecule has 0 amide bonds. The van der Waals surface area contributed by atoms with Crippen LogP contribution in [0.3, 0.4) is 0 Å². The Balaban J connectivity index is 2.47. The fourth-order valence-corrected chi connectivity index (χ4v) is 3.78. The van der Waals surface area contributed by atoms with E-state index >= 15 is 0 Å². The van der Waals surface area contributed by atoms with E-state index in [4.69, 9.17) is 5.73 Å². The Morgan fingerprint density at radius 1 is 1.45 bits per heavy atom. The first kappa shape index (κ1) is 14.7. The lowest BCUT2D eigenvalue weighted by Gasteiger charge is -2.20. The molecule has 7 nitrogen and oxygen atoms in total. The van der Waals surface area contributed by atoms with Crippen LogP contribution in [0.5, 0.6) is 0 Å². The predicted molar refractivity (Wildman–Crippen MR) is 74.7 cm³/mol. The van der Waals surface area contributed by atoms with E-state index in [0.29, 0.717) is 12.5 Å². The van der Waals surface area contributed by atoms with E-state index in [-0.39, 0.29) is 17.1 Å². The van der Waals surface area contributed by atoms with Gasteiger partial charge in [0.1, 0.15) is 5.69 Å². The Hall–Kier alpha value is -1.67. The predicted octanol–water partition coefficient (Wildman–Crippen LogP) is 1.60. The van der Waals surface area contributed by atoms with Crippen molar-refractivity contribution in [3.63, 3.8) is 0 Å². The lowest BCUT2D eigenvalue weighted by molar-refractivity contribution is -0.386. The molecule has 1 aromatic rings. The molecule has 0 aromatic heterocycles. The number of nitro groups is 1. The van der Waals surface area contributed by atoms with Crippen LogP contribution in [0, 0.1) is 16.0 Å². The van der Waals surface area contributed by atoms with Gasteiger partial charge in [0.2, 0.25) is 10.0 Å². The quantitative estimate of drug-likeness (QED) is 0.488. The van der Waals surface area contributed by atoms with Gasteiger partial charge in [-0.3, -0.25) is 10.1 Å². The summed E-state index contributed by atoms with van der Waals surface area (Å²) >= 11 is 0. The Labute approximate surface area is 117 Å². The van der Waals surface area contributed by atoms with Gasteiger partial charge >= 0.3 is 5.69 Å². The van der Waals surface area contributed by atoms with Crippen molar-refractivity contribution >= 4 is 21.4 Å². The summed E-state index contributed by atoms with van der Waals surface area (Å²) in [5.41, 5.74) is 4.87. The van der Waals surface area contributed by atoms with Gasteiger partial charge in [-0.2, -0.15) is 4.31 Å². The smallest absolute Gasteiger partial charge is 0.312 e. The molecule has 0 aliphatic heterocycles. The molecule has 1 aliphatic carbocycles. The lowest BCUT2D eigenvalue weighted by Crippen LogP contribution is -2.33. The molecule has 0 saturated heterocycles. The number of nitro benzene ring substituents is 1. The van der Waals surface area contributed by atoms with Gasteiger partial charge in [0.15, 0.2) is 4.90 Å². The van der Waals surface area contributed by atoms with E-state index in [1.54, 1.807) is 6.92 Å². The summed E-state index contributed by atoms with van der Waals surface area (Å²) in [4.78, 5) is 10.0. The Morgan fingerprint density at radius 3 is 2.60 bits per heavy atom. The molecule has 1 aromatic carbocycles. The Kier molecular flexibility index (Phi) is 3.96. The molecule has 0 atom stereocenters. The molecule has 1 aliphatic rings. The third-order valence-electron chi connectivity index (χ3n) is 3.34. The summed E-state index contributed by atoms with van der Waals surface area (Å²) < 4.78 is 26.4. The average molecular weight is 299 g/mol. The van der Waals surface area contributed by atoms with Crippen LogP contribution in [-0.4, -0.2) is 30.7 Å². The van der Waals surface area contributed by atoms with E-state index in [1.165, 1.54) is 22.5 Å². The van der Waals surface area contributed by atoms with Crippen LogP contribution in [0.25, 0.3) is 0 Å². The minimum atomic E-state index is -3.89.